The predicted octanol–water partition coefficient (Wildman–Crippen LogP) is 3.97. The lowest BCUT2D eigenvalue weighted by Gasteiger charge is -2.09. The maximum Gasteiger partial charge on any atom is 0.269 e. The number of nitrogens with one attached hydrogen (secondary N) is 1. The zero-order chi connectivity index (χ0) is 25.5. The highest BCUT2D eigenvalue weighted by molar-refractivity contribution is 8.00. The number of aryl methyl sites for hydroxylation is 2. The van der Waals surface area contributed by atoms with Gasteiger partial charge < -0.3 is 9.30 Å². The molecule has 0 unspecified atom stereocenters. The number of aromatic nitrogens is 2. The molecule has 0 aliphatic carbocycles. The van der Waals surface area contributed by atoms with Crippen molar-refractivity contribution in [2.24, 2.45) is 5.10 Å². The molecule has 0 saturated heterocycles. The number of hydrogen-bond acceptors (Lipinski definition) is 8. The smallest absolute Gasteiger partial charge is 0.269 e. The molecule has 0 saturated carbocycles. The number of nitro groups is 1. The highest BCUT2D eigenvalue weighted by Crippen LogP contribution is 2.25. The topological polar surface area (TPSA) is 135 Å². The van der Waals surface area contributed by atoms with Crippen LogP contribution in [0.5, 0.6) is 0 Å². The summed E-state index contributed by atoms with van der Waals surface area (Å²) in [4.78, 5) is 27.2. The number of nitrogens with zero attached hydrogens (tertiary/aromatic N) is 5. The van der Waals surface area contributed by atoms with Gasteiger partial charge in [0, 0.05) is 47.6 Å². The van der Waals surface area contributed by atoms with Crippen molar-refractivity contribution in [3.63, 3.8) is 0 Å². The van der Waals surface area contributed by atoms with Gasteiger partial charge >= 0.3 is 0 Å². The molecule has 10 nitrogen and oxygen atoms in total. The highest BCUT2D eigenvalue weighted by atomic mass is 32.2. The van der Waals surface area contributed by atoms with Gasteiger partial charge in [-0.1, -0.05) is 11.8 Å². The van der Waals surface area contributed by atoms with Crippen molar-refractivity contribution in [3.8, 4) is 11.8 Å². The van der Waals surface area contributed by atoms with E-state index in [1.807, 2.05) is 31.4 Å². The summed E-state index contributed by atoms with van der Waals surface area (Å²) in [6, 6.07) is 12.1. The number of ether oxygens (including phenoxy) is 1. The van der Waals surface area contributed by atoms with Crippen molar-refractivity contribution in [2.75, 3.05) is 12.9 Å². The maximum atomic E-state index is 12.3. The SMILES string of the molecule is COCc1cc(C)nc(SCC(=O)N/N=C/c2cc(C)n(-c3ccc([N+](=O)[O-])cc3)c2C)c1C#N. The Kier molecular flexibility index (Phi) is 8.35. The minimum Gasteiger partial charge on any atom is -0.380 e. The molecule has 3 rings (SSSR count). The number of carbonyl (C=O) groups is 1. The quantitative estimate of drug-likeness (QED) is 0.207. The molecular weight excluding hydrogens is 468 g/mol. The fourth-order valence-corrected chi connectivity index (χ4v) is 4.44. The second-order valence-electron chi connectivity index (χ2n) is 7.66. The third-order valence-electron chi connectivity index (χ3n) is 5.13. The predicted molar refractivity (Wildman–Crippen MR) is 133 cm³/mol. The van der Waals surface area contributed by atoms with Crippen molar-refractivity contribution in [2.45, 2.75) is 32.4 Å². The molecule has 35 heavy (non-hydrogen) atoms. The Balaban J connectivity index is 1.66. The van der Waals surface area contributed by atoms with Crippen LogP contribution in [0.2, 0.25) is 0 Å². The number of non-ortho nitro benzene ring substituents is 1. The summed E-state index contributed by atoms with van der Waals surface area (Å²) in [5, 5.41) is 24.9. The van der Waals surface area contributed by atoms with Crippen LogP contribution in [0.3, 0.4) is 0 Å². The van der Waals surface area contributed by atoms with Gasteiger partial charge in [-0.25, -0.2) is 10.4 Å². The highest BCUT2D eigenvalue weighted by Gasteiger charge is 2.14. The molecule has 0 aliphatic rings. The number of nitriles is 1. The summed E-state index contributed by atoms with van der Waals surface area (Å²) in [5.74, 6) is -0.299. The largest absolute Gasteiger partial charge is 0.380 e. The Hall–Kier alpha value is -4.01. The Morgan fingerprint density at radius 3 is 2.66 bits per heavy atom. The van der Waals surface area contributed by atoms with E-state index >= 15 is 0 Å². The third-order valence-corrected chi connectivity index (χ3v) is 6.10. The number of amides is 1. The van der Waals surface area contributed by atoms with Gasteiger partial charge in [-0.15, -0.1) is 0 Å². The summed E-state index contributed by atoms with van der Waals surface area (Å²) in [5.41, 5.74) is 7.76. The molecule has 0 atom stereocenters. The molecule has 2 heterocycles. The molecule has 0 aliphatic heterocycles. The van der Waals surface area contributed by atoms with E-state index in [1.54, 1.807) is 31.5 Å². The average Bonchev–Trinajstić information content (AvgIpc) is 3.10. The van der Waals surface area contributed by atoms with Crippen LogP contribution in [0.15, 0.2) is 46.5 Å². The molecule has 11 heteroatoms. The normalized spacial score (nSPS) is 10.9. The Bertz CT molecular complexity index is 1330. The van der Waals surface area contributed by atoms with Gasteiger partial charge in [-0.2, -0.15) is 10.4 Å². The van der Waals surface area contributed by atoms with E-state index in [1.165, 1.54) is 12.1 Å². The molecule has 0 spiro atoms. The molecule has 0 radical (unpaired) electrons. The van der Waals surface area contributed by atoms with Crippen LogP contribution in [0.25, 0.3) is 5.69 Å². The van der Waals surface area contributed by atoms with Crippen LogP contribution in [-0.2, 0) is 16.1 Å². The van der Waals surface area contributed by atoms with E-state index in [4.69, 9.17) is 4.74 Å². The lowest BCUT2D eigenvalue weighted by molar-refractivity contribution is -0.384. The average molecular weight is 493 g/mol. The van der Waals surface area contributed by atoms with Gasteiger partial charge in [0.25, 0.3) is 5.69 Å². The summed E-state index contributed by atoms with van der Waals surface area (Å²) in [6.07, 6.45) is 1.55. The van der Waals surface area contributed by atoms with E-state index in [0.29, 0.717) is 10.6 Å². The number of nitro benzene ring substituents is 1. The monoisotopic (exact) mass is 492 g/mol. The van der Waals surface area contributed by atoms with E-state index in [-0.39, 0.29) is 24.0 Å². The number of carbonyl (C=O) groups excluding carboxylic acids is 1. The van der Waals surface area contributed by atoms with Crippen molar-refractivity contribution in [1.29, 1.82) is 5.26 Å². The summed E-state index contributed by atoms with van der Waals surface area (Å²) in [6.45, 7) is 5.93. The maximum absolute atomic E-state index is 12.3. The third kappa shape index (κ3) is 6.11. The van der Waals surface area contributed by atoms with Crippen LogP contribution >= 0.6 is 11.8 Å². The van der Waals surface area contributed by atoms with E-state index in [2.05, 4.69) is 21.6 Å². The van der Waals surface area contributed by atoms with Crippen LogP contribution in [0, 0.1) is 42.2 Å². The number of benzene rings is 1. The molecule has 0 bridgehead atoms. The lowest BCUT2D eigenvalue weighted by atomic mass is 10.1. The molecule has 1 amide bonds. The van der Waals surface area contributed by atoms with Crippen molar-refractivity contribution >= 4 is 29.6 Å². The number of thioether (sulfide) groups is 1. The van der Waals surface area contributed by atoms with Gasteiger partial charge in [0.05, 0.1) is 29.1 Å². The summed E-state index contributed by atoms with van der Waals surface area (Å²) in [7, 11) is 1.55. The summed E-state index contributed by atoms with van der Waals surface area (Å²) < 4.78 is 7.10. The number of hydrogen-bond donors (Lipinski definition) is 1. The first kappa shape index (κ1) is 25.6. The molecule has 1 aromatic carbocycles. The molecule has 180 valence electrons. The second-order valence-corrected chi connectivity index (χ2v) is 8.63. The first-order chi connectivity index (χ1) is 16.7. The Labute approximate surface area is 206 Å². The Morgan fingerprint density at radius 2 is 2.03 bits per heavy atom. The van der Waals surface area contributed by atoms with Crippen LogP contribution in [-0.4, -0.2) is 39.5 Å². The number of hydrazone groups is 1. The lowest BCUT2D eigenvalue weighted by Crippen LogP contribution is -2.20. The van der Waals surface area contributed by atoms with E-state index < -0.39 is 4.92 Å². The standard InChI is InChI=1S/C24H24N6O4S/c1-15-9-19(13-34-4)22(11-25)24(27-15)35-14-23(31)28-26-12-18-10-16(2)29(17(18)3)20-5-7-21(8-6-20)30(32)33/h5-10,12H,13-14H2,1-4H3,(H,28,31)/b26-12+. The minimum atomic E-state index is -0.438. The van der Waals surface area contributed by atoms with Crippen molar-refractivity contribution in [3.05, 3.63) is 80.3 Å². The fraction of sp³-hybridized carbons (Fsp3) is 0.250. The van der Waals surface area contributed by atoms with E-state index in [0.717, 1.165) is 45.7 Å². The molecule has 3 aromatic rings. The summed E-state index contributed by atoms with van der Waals surface area (Å²) >= 11 is 1.16. The number of rotatable bonds is 9. The number of pyridine rings is 1. The molecule has 2 aromatic heterocycles. The van der Waals surface area contributed by atoms with Crippen LogP contribution in [0.1, 0.15) is 33.8 Å². The van der Waals surface area contributed by atoms with Crippen molar-refractivity contribution in [1.82, 2.24) is 15.0 Å². The van der Waals surface area contributed by atoms with Gasteiger partial charge in [-0.3, -0.25) is 14.9 Å². The second kappa shape index (κ2) is 11.4. The van der Waals surface area contributed by atoms with Gasteiger partial charge in [-0.05, 0) is 50.6 Å². The minimum absolute atomic E-state index is 0.0243. The van der Waals surface area contributed by atoms with Crippen LogP contribution in [0.4, 0.5) is 5.69 Å². The fourth-order valence-electron chi connectivity index (χ4n) is 3.58. The number of methoxy groups -OCH3 is 1. The molecular formula is C24H24N6O4S. The Morgan fingerprint density at radius 1 is 1.31 bits per heavy atom. The van der Waals surface area contributed by atoms with Crippen molar-refractivity contribution < 1.29 is 14.5 Å². The van der Waals surface area contributed by atoms with Gasteiger partial charge in [0.15, 0.2) is 0 Å². The van der Waals surface area contributed by atoms with E-state index in [9.17, 15) is 20.2 Å². The van der Waals surface area contributed by atoms with Gasteiger partial charge in [0.2, 0.25) is 5.91 Å². The first-order valence-corrected chi connectivity index (χ1v) is 11.5. The molecule has 0 fully saturated rings. The zero-order valence-electron chi connectivity index (χ0n) is 19.7. The zero-order valence-corrected chi connectivity index (χ0v) is 20.5. The van der Waals surface area contributed by atoms with Crippen LogP contribution < -0.4 is 5.43 Å². The molecule has 1 N–H and O–H groups in total. The van der Waals surface area contributed by atoms with Gasteiger partial charge in [0.1, 0.15) is 11.1 Å². The first-order valence-electron chi connectivity index (χ1n) is 10.5.